The second kappa shape index (κ2) is 7.50. The number of amides is 1. The molecular formula is C20H23NO4S. The highest BCUT2D eigenvalue weighted by Gasteiger charge is 2.39. The van der Waals surface area contributed by atoms with Gasteiger partial charge in [-0.3, -0.25) is 4.79 Å². The summed E-state index contributed by atoms with van der Waals surface area (Å²) in [5.74, 6) is 1.50. The van der Waals surface area contributed by atoms with E-state index in [1.165, 1.54) is 0 Å². The second-order valence-corrected chi connectivity index (χ2v) is 9.32. The molecule has 1 amide bonds. The van der Waals surface area contributed by atoms with Crippen LogP contribution in [0.1, 0.15) is 24.2 Å². The van der Waals surface area contributed by atoms with E-state index in [1.54, 1.807) is 29.2 Å². The largest absolute Gasteiger partial charge is 0.457 e. The molecule has 0 unspecified atom stereocenters. The van der Waals surface area contributed by atoms with Crippen molar-refractivity contribution in [3.8, 4) is 11.5 Å². The molecule has 2 aromatic carbocycles. The summed E-state index contributed by atoms with van der Waals surface area (Å²) >= 11 is 0. The molecule has 0 aromatic heterocycles. The highest BCUT2D eigenvalue weighted by atomic mass is 32.2. The van der Waals surface area contributed by atoms with Crippen molar-refractivity contribution in [1.82, 2.24) is 4.90 Å². The van der Waals surface area contributed by atoms with Crippen molar-refractivity contribution in [2.45, 2.75) is 19.1 Å². The van der Waals surface area contributed by atoms with E-state index in [2.05, 4.69) is 0 Å². The van der Waals surface area contributed by atoms with Crippen LogP contribution in [-0.2, 0) is 9.84 Å². The van der Waals surface area contributed by atoms with Gasteiger partial charge in [0.15, 0.2) is 9.84 Å². The van der Waals surface area contributed by atoms with Crippen molar-refractivity contribution in [2.75, 3.05) is 18.8 Å². The van der Waals surface area contributed by atoms with Gasteiger partial charge in [0.25, 0.3) is 5.91 Å². The number of carbonyl (C=O) groups is 1. The van der Waals surface area contributed by atoms with Crippen LogP contribution in [0.25, 0.3) is 0 Å². The third kappa shape index (κ3) is 4.25. The molecule has 0 spiro atoms. The third-order valence-corrected chi connectivity index (χ3v) is 6.73. The van der Waals surface area contributed by atoms with Crippen molar-refractivity contribution in [3.05, 3.63) is 60.2 Å². The van der Waals surface area contributed by atoms with E-state index in [9.17, 15) is 13.2 Å². The van der Waals surface area contributed by atoms with Gasteiger partial charge in [0.1, 0.15) is 11.5 Å². The van der Waals surface area contributed by atoms with E-state index in [-0.39, 0.29) is 30.7 Å². The van der Waals surface area contributed by atoms with Crippen molar-refractivity contribution < 1.29 is 17.9 Å². The van der Waals surface area contributed by atoms with Gasteiger partial charge in [-0.1, -0.05) is 32.0 Å². The minimum Gasteiger partial charge on any atom is -0.457 e. The molecule has 0 saturated carbocycles. The number of hydrogen-bond donors (Lipinski definition) is 0. The van der Waals surface area contributed by atoms with Crippen molar-refractivity contribution in [1.29, 1.82) is 0 Å². The van der Waals surface area contributed by atoms with E-state index in [0.29, 0.717) is 11.3 Å². The fraction of sp³-hybridized carbons (Fsp3) is 0.350. The van der Waals surface area contributed by atoms with Gasteiger partial charge in [0.05, 0.1) is 11.0 Å². The van der Waals surface area contributed by atoms with Gasteiger partial charge >= 0.3 is 0 Å². The predicted octanol–water partition coefficient (Wildman–Crippen LogP) is 3.37. The van der Waals surface area contributed by atoms with Gasteiger partial charge in [0.2, 0.25) is 0 Å². The first kappa shape index (κ1) is 18.5. The van der Waals surface area contributed by atoms with E-state index < -0.39 is 15.1 Å². The number of likely N-dealkylation sites (tertiary alicyclic amines) is 1. The summed E-state index contributed by atoms with van der Waals surface area (Å²) in [6.45, 7) is 4.32. The normalized spacial score (nSPS) is 15.0. The fourth-order valence-electron chi connectivity index (χ4n) is 2.90. The molecule has 1 aliphatic rings. The molecular weight excluding hydrogens is 350 g/mol. The summed E-state index contributed by atoms with van der Waals surface area (Å²) in [6, 6.07) is 16.3. The quantitative estimate of drug-likeness (QED) is 0.779. The van der Waals surface area contributed by atoms with Crippen molar-refractivity contribution >= 4 is 15.7 Å². The molecule has 2 aromatic rings. The minimum atomic E-state index is -3.13. The molecule has 0 bridgehead atoms. The van der Waals surface area contributed by atoms with Crippen LogP contribution in [0.3, 0.4) is 0 Å². The van der Waals surface area contributed by atoms with Gasteiger partial charge < -0.3 is 9.64 Å². The van der Waals surface area contributed by atoms with E-state index in [0.717, 1.165) is 5.75 Å². The fourth-order valence-corrected chi connectivity index (χ4v) is 4.92. The number of para-hydroxylation sites is 1. The minimum absolute atomic E-state index is 0.0990. The molecule has 3 rings (SSSR count). The molecule has 1 saturated heterocycles. The summed E-state index contributed by atoms with van der Waals surface area (Å²) in [5.41, 5.74) is 0.533. The summed E-state index contributed by atoms with van der Waals surface area (Å²) in [7, 11) is -3.13. The Morgan fingerprint density at radius 3 is 2.19 bits per heavy atom. The highest BCUT2D eigenvalue weighted by Crippen LogP contribution is 2.24. The molecule has 0 N–H and O–H groups in total. The summed E-state index contributed by atoms with van der Waals surface area (Å²) in [5, 5.41) is -0.436. The molecule has 1 aliphatic heterocycles. The van der Waals surface area contributed by atoms with Crippen LogP contribution in [0.5, 0.6) is 11.5 Å². The first-order valence-corrected chi connectivity index (χ1v) is 10.4. The average molecular weight is 373 g/mol. The van der Waals surface area contributed by atoms with Crippen LogP contribution >= 0.6 is 0 Å². The van der Waals surface area contributed by atoms with Crippen LogP contribution in [0.2, 0.25) is 0 Å². The maximum absolute atomic E-state index is 12.5. The number of nitrogens with zero attached hydrogens (tertiary/aromatic N) is 1. The monoisotopic (exact) mass is 373 g/mol. The predicted molar refractivity (Wildman–Crippen MR) is 101 cm³/mol. The lowest BCUT2D eigenvalue weighted by Crippen LogP contribution is -2.57. The Morgan fingerprint density at radius 2 is 1.62 bits per heavy atom. The molecule has 0 radical (unpaired) electrons. The highest BCUT2D eigenvalue weighted by molar-refractivity contribution is 7.92. The van der Waals surface area contributed by atoms with Gasteiger partial charge in [-0.2, -0.15) is 0 Å². The lowest BCUT2D eigenvalue weighted by atomic mass is 10.1. The number of rotatable bonds is 6. The summed E-state index contributed by atoms with van der Waals surface area (Å²) < 4.78 is 30.1. The van der Waals surface area contributed by atoms with Gasteiger partial charge in [-0.05, 0) is 42.3 Å². The third-order valence-electron chi connectivity index (χ3n) is 4.29. The van der Waals surface area contributed by atoms with Crippen molar-refractivity contribution in [3.63, 3.8) is 0 Å². The van der Waals surface area contributed by atoms with Crippen LogP contribution in [0, 0.1) is 5.92 Å². The number of ether oxygens (including phenoxy) is 1. The Bertz CT molecular complexity index is 854. The molecule has 0 aliphatic carbocycles. The molecule has 1 heterocycles. The standard InChI is InChI=1S/C20H23NO4S/c1-15(2)14-26(23,24)19-12-21(13-19)20(22)16-8-10-18(11-9-16)25-17-6-4-3-5-7-17/h3-11,15,19H,12-14H2,1-2H3. The maximum atomic E-state index is 12.5. The molecule has 138 valence electrons. The zero-order chi connectivity index (χ0) is 18.7. The Hall–Kier alpha value is -2.34. The molecule has 26 heavy (non-hydrogen) atoms. The van der Waals surface area contributed by atoms with Gasteiger partial charge in [0, 0.05) is 18.7 Å². The zero-order valence-electron chi connectivity index (χ0n) is 15.0. The zero-order valence-corrected chi connectivity index (χ0v) is 15.8. The lowest BCUT2D eigenvalue weighted by Gasteiger charge is -2.39. The SMILES string of the molecule is CC(C)CS(=O)(=O)C1CN(C(=O)c2ccc(Oc3ccccc3)cc2)C1. The Labute approximate surface area is 154 Å². The molecule has 6 heteroatoms. The maximum Gasteiger partial charge on any atom is 0.253 e. The average Bonchev–Trinajstić information content (AvgIpc) is 2.53. The summed E-state index contributed by atoms with van der Waals surface area (Å²) in [6.07, 6.45) is 0. The summed E-state index contributed by atoms with van der Waals surface area (Å²) in [4.78, 5) is 14.1. The number of hydrogen-bond acceptors (Lipinski definition) is 4. The Morgan fingerprint density at radius 1 is 1.04 bits per heavy atom. The number of sulfone groups is 1. The molecule has 0 atom stereocenters. The number of carbonyl (C=O) groups excluding carboxylic acids is 1. The lowest BCUT2D eigenvalue weighted by molar-refractivity contribution is 0.0659. The van der Waals surface area contributed by atoms with Crippen molar-refractivity contribution in [2.24, 2.45) is 5.92 Å². The number of benzene rings is 2. The Kier molecular flexibility index (Phi) is 5.32. The van der Waals surface area contributed by atoms with E-state index >= 15 is 0 Å². The van der Waals surface area contributed by atoms with E-state index in [4.69, 9.17) is 4.74 Å². The second-order valence-electron chi connectivity index (χ2n) is 7.00. The van der Waals surface area contributed by atoms with E-state index in [1.807, 2.05) is 44.2 Å². The van der Waals surface area contributed by atoms with Crippen LogP contribution in [-0.4, -0.2) is 43.3 Å². The molecule has 5 nitrogen and oxygen atoms in total. The van der Waals surface area contributed by atoms with Gasteiger partial charge in [-0.15, -0.1) is 0 Å². The van der Waals surface area contributed by atoms with Gasteiger partial charge in [-0.25, -0.2) is 8.42 Å². The Balaban J connectivity index is 1.58. The molecule has 1 fully saturated rings. The van der Waals surface area contributed by atoms with Crippen LogP contribution in [0.4, 0.5) is 0 Å². The first-order valence-electron chi connectivity index (χ1n) is 8.69. The van der Waals surface area contributed by atoms with Crippen LogP contribution < -0.4 is 4.74 Å². The smallest absolute Gasteiger partial charge is 0.253 e. The topological polar surface area (TPSA) is 63.7 Å². The van der Waals surface area contributed by atoms with Crippen LogP contribution in [0.15, 0.2) is 54.6 Å². The first-order chi connectivity index (χ1) is 12.3.